The third-order valence-corrected chi connectivity index (χ3v) is 11.7. The molecule has 0 aliphatic carbocycles. The Kier molecular flexibility index (Phi) is 17.4. The Balaban J connectivity index is 0.000000574. The van der Waals surface area contributed by atoms with Crippen LogP contribution in [0.25, 0.3) is 10.8 Å². The molecule has 1 aliphatic heterocycles. The molecule has 1 fully saturated rings. The van der Waals surface area contributed by atoms with Crippen molar-refractivity contribution in [2.75, 3.05) is 39.5 Å². The first-order valence-corrected chi connectivity index (χ1v) is 20.4. The number of piperidine rings is 1. The number of rotatable bonds is 14. The molecule has 2 atom stereocenters. The Labute approximate surface area is 350 Å². The fraction of sp³-hybridized carbons (Fsp3) is 0.366. The van der Waals surface area contributed by atoms with Gasteiger partial charge in [-0.25, -0.2) is 4.79 Å². The number of likely N-dealkylation sites (tertiary alicyclic amines) is 1. The van der Waals surface area contributed by atoms with Crippen LogP contribution in [0.15, 0.2) is 83.8 Å². The number of aliphatic hydroxyl groups is 1. The van der Waals surface area contributed by atoms with Gasteiger partial charge >= 0.3 is 24.1 Å². The van der Waals surface area contributed by atoms with Gasteiger partial charge in [-0.3, -0.25) is 18.6 Å². The largest absolute Gasteiger partial charge is 0.481 e. The highest BCUT2D eigenvalue weighted by Crippen LogP contribution is 2.36. The van der Waals surface area contributed by atoms with Gasteiger partial charge in [-0.2, -0.15) is 13.2 Å². The van der Waals surface area contributed by atoms with Gasteiger partial charge in [-0.1, -0.05) is 71.7 Å². The number of amides is 1. The Morgan fingerprint density at radius 2 is 1.47 bits per heavy atom. The third-order valence-electron chi connectivity index (χ3n) is 10.0. The average Bonchev–Trinajstić information content (AvgIpc) is 3.16. The van der Waals surface area contributed by atoms with Crippen molar-refractivity contribution in [1.29, 1.82) is 0 Å². The standard InChI is InChI=1S/C35H35Cl2F3N2O2S.C6H8O7.H2O/c1-41(34(43)30-21-27(35(38,39)40)19-25-7-3-4-8-28(25)30)22-26(24-11-12-31(36)32(37)20-24)15-18-42-16-13-23(14-17-42)29-9-5-6-10-33(29)45(2)44;7-3(8)1-6(13,5(11)12)2-4(9)10;/h3-12,19-21,23,26H,13-18,22H2,1-2H3;13H,1-2H2,(H,7,8)(H,9,10)(H,11,12);1H2/t26-,45+;;/m1../s1. The molecule has 0 aromatic heterocycles. The molecule has 1 aliphatic rings. The molecule has 59 heavy (non-hydrogen) atoms. The van der Waals surface area contributed by atoms with Crippen LogP contribution in [0.2, 0.25) is 10.0 Å². The Morgan fingerprint density at radius 3 is 2.03 bits per heavy atom. The molecule has 0 unspecified atom stereocenters. The third kappa shape index (κ3) is 13.2. The SMILES string of the molecule is CN(C[C@@H](CCN1CCC(c2ccccc2[S@](C)=O)CC1)c1ccc(Cl)c(Cl)c1)C(=O)c1cc(C(F)(F)F)cc2ccccc12.O.O=C(O)CC(O)(CC(=O)O)C(=O)O. The van der Waals surface area contributed by atoms with E-state index in [1.54, 1.807) is 49.7 Å². The van der Waals surface area contributed by atoms with Gasteiger partial charge in [0.25, 0.3) is 5.91 Å². The lowest BCUT2D eigenvalue weighted by Crippen LogP contribution is -2.42. The van der Waals surface area contributed by atoms with E-state index in [9.17, 15) is 36.6 Å². The zero-order chi connectivity index (χ0) is 42.9. The van der Waals surface area contributed by atoms with Crippen LogP contribution in [0.3, 0.4) is 0 Å². The molecule has 12 nitrogen and oxygen atoms in total. The van der Waals surface area contributed by atoms with Crippen molar-refractivity contribution < 1.29 is 62.5 Å². The van der Waals surface area contributed by atoms with Gasteiger partial charge in [0.2, 0.25) is 0 Å². The van der Waals surface area contributed by atoms with E-state index in [-0.39, 0.29) is 23.5 Å². The predicted octanol–water partition coefficient (Wildman–Crippen LogP) is 6.96. The Morgan fingerprint density at radius 1 is 0.881 bits per heavy atom. The Bertz CT molecular complexity index is 2150. The second kappa shape index (κ2) is 21.1. The summed E-state index contributed by atoms with van der Waals surface area (Å²) in [6.07, 6.45) is -2.54. The van der Waals surface area contributed by atoms with Gasteiger partial charge in [0.15, 0.2) is 5.60 Å². The number of benzene rings is 4. The predicted molar refractivity (Wildman–Crippen MR) is 218 cm³/mol. The molecule has 0 saturated carbocycles. The van der Waals surface area contributed by atoms with Crippen LogP contribution < -0.4 is 0 Å². The molecule has 1 heterocycles. The minimum atomic E-state index is -4.58. The topological polar surface area (TPSA) is 204 Å². The fourth-order valence-electron chi connectivity index (χ4n) is 7.00. The van der Waals surface area contributed by atoms with E-state index in [1.807, 2.05) is 24.3 Å². The summed E-state index contributed by atoms with van der Waals surface area (Å²) in [4.78, 5) is 49.0. The maximum absolute atomic E-state index is 13.8. The van der Waals surface area contributed by atoms with Gasteiger partial charge < -0.3 is 35.7 Å². The number of carbonyl (C=O) groups is 4. The van der Waals surface area contributed by atoms with Gasteiger partial charge in [0, 0.05) is 36.2 Å². The summed E-state index contributed by atoms with van der Waals surface area (Å²) >= 11 is 12.6. The van der Waals surface area contributed by atoms with Crippen LogP contribution in [-0.4, -0.2) is 109 Å². The molecule has 18 heteroatoms. The summed E-state index contributed by atoms with van der Waals surface area (Å²) in [5.41, 5.74) is -1.50. The lowest BCUT2D eigenvalue weighted by atomic mass is 9.88. The van der Waals surface area contributed by atoms with Gasteiger partial charge in [-0.15, -0.1) is 0 Å². The molecule has 4 aromatic rings. The first kappa shape index (κ1) is 48.8. The van der Waals surface area contributed by atoms with E-state index in [0.717, 1.165) is 60.6 Å². The number of carbonyl (C=O) groups excluding carboxylic acids is 1. The van der Waals surface area contributed by atoms with E-state index in [1.165, 1.54) is 4.90 Å². The molecule has 0 spiro atoms. The number of halogens is 5. The molecule has 4 aromatic carbocycles. The highest BCUT2D eigenvalue weighted by Gasteiger charge is 2.41. The first-order chi connectivity index (χ1) is 27.2. The number of hydrogen-bond acceptors (Lipinski definition) is 7. The smallest absolute Gasteiger partial charge is 0.416 e. The van der Waals surface area contributed by atoms with Crippen molar-refractivity contribution in [3.63, 3.8) is 0 Å². The number of nitrogens with zero attached hydrogens (tertiary/aromatic N) is 2. The second-order valence-electron chi connectivity index (χ2n) is 14.2. The molecule has 6 N–H and O–H groups in total. The highest BCUT2D eigenvalue weighted by molar-refractivity contribution is 7.84. The van der Waals surface area contributed by atoms with Crippen LogP contribution in [0, 0.1) is 0 Å². The van der Waals surface area contributed by atoms with E-state index in [4.69, 9.17) is 43.6 Å². The van der Waals surface area contributed by atoms with Crippen molar-refractivity contribution in [3.8, 4) is 0 Å². The monoisotopic (exact) mass is 884 g/mol. The summed E-state index contributed by atoms with van der Waals surface area (Å²) in [5.74, 6) is -5.28. The maximum atomic E-state index is 13.8. The van der Waals surface area contributed by atoms with Crippen molar-refractivity contribution >= 4 is 68.6 Å². The average molecular weight is 886 g/mol. The van der Waals surface area contributed by atoms with Crippen LogP contribution >= 0.6 is 23.2 Å². The van der Waals surface area contributed by atoms with Gasteiger partial charge in [0.05, 0.1) is 39.2 Å². The number of hydrogen-bond donors (Lipinski definition) is 4. The summed E-state index contributed by atoms with van der Waals surface area (Å²) in [7, 11) is 0.583. The summed E-state index contributed by atoms with van der Waals surface area (Å²) in [5, 5.41) is 35.5. The minimum Gasteiger partial charge on any atom is -0.481 e. The van der Waals surface area contributed by atoms with Crippen LogP contribution in [-0.2, 0) is 31.4 Å². The van der Waals surface area contributed by atoms with E-state index in [2.05, 4.69) is 11.0 Å². The minimum absolute atomic E-state index is 0. The van der Waals surface area contributed by atoms with E-state index in [0.29, 0.717) is 33.2 Å². The van der Waals surface area contributed by atoms with Crippen molar-refractivity contribution in [2.24, 2.45) is 0 Å². The summed E-state index contributed by atoms with van der Waals surface area (Å²) < 4.78 is 53.5. The molecule has 320 valence electrons. The number of carboxylic acids is 3. The lowest BCUT2D eigenvalue weighted by molar-refractivity contribution is -0.170. The molecule has 5 rings (SSSR count). The molecule has 1 saturated heterocycles. The number of alkyl halides is 3. The summed E-state index contributed by atoms with van der Waals surface area (Å²) in [6.45, 7) is 2.82. The van der Waals surface area contributed by atoms with Crippen LogP contribution in [0.1, 0.15) is 71.0 Å². The van der Waals surface area contributed by atoms with Crippen LogP contribution in [0.5, 0.6) is 0 Å². The zero-order valence-corrected chi connectivity index (χ0v) is 34.4. The molecular formula is C41H45Cl2F3N2O10S. The highest BCUT2D eigenvalue weighted by atomic mass is 35.5. The number of fused-ring (bicyclic) bond motifs is 1. The quantitative estimate of drug-likeness (QED) is 0.103. The number of aliphatic carboxylic acids is 3. The first-order valence-electron chi connectivity index (χ1n) is 18.0. The van der Waals surface area contributed by atoms with Crippen LogP contribution in [0.4, 0.5) is 13.2 Å². The fourth-order valence-corrected chi connectivity index (χ4v) is 8.14. The van der Waals surface area contributed by atoms with Crippen molar-refractivity contribution in [1.82, 2.24) is 9.80 Å². The molecule has 0 bridgehead atoms. The van der Waals surface area contributed by atoms with Gasteiger partial charge in [0.1, 0.15) is 0 Å². The van der Waals surface area contributed by atoms with E-state index >= 15 is 0 Å². The summed E-state index contributed by atoms with van der Waals surface area (Å²) in [6, 6.07) is 22.0. The number of likely N-dealkylation sites (N-methyl/N-ethyl adjacent to an activating group) is 1. The number of carboxylic acid groups (broad SMARTS) is 3. The maximum Gasteiger partial charge on any atom is 0.416 e. The molecular weight excluding hydrogens is 840 g/mol. The molecule has 0 radical (unpaired) electrons. The van der Waals surface area contributed by atoms with Gasteiger partial charge in [-0.05, 0) is 97.0 Å². The van der Waals surface area contributed by atoms with E-state index < -0.39 is 64.8 Å². The van der Waals surface area contributed by atoms with Crippen molar-refractivity contribution in [2.45, 2.75) is 60.6 Å². The molecule has 1 amide bonds. The van der Waals surface area contributed by atoms with Crippen molar-refractivity contribution in [3.05, 3.63) is 111 Å². The normalized spacial score (nSPS) is 14.6. The second-order valence-corrected chi connectivity index (χ2v) is 16.3. The zero-order valence-electron chi connectivity index (χ0n) is 32.0. The Hall–Kier alpha value is -4.58. The lowest BCUT2D eigenvalue weighted by Gasteiger charge is -2.34.